The van der Waals surface area contributed by atoms with Crippen LogP contribution < -0.4 is 5.32 Å². The molecule has 0 heterocycles. The van der Waals surface area contributed by atoms with Crippen LogP contribution in [0.15, 0.2) is 42.5 Å². The molecule has 1 heteroatoms. The van der Waals surface area contributed by atoms with Crippen LogP contribution in [0, 0.1) is 5.92 Å². The molecule has 1 N–H and O–H groups in total. The van der Waals surface area contributed by atoms with E-state index < -0.39 is 0 Å². The van der Waals surface area contributed by atoms with Crippen LogP contribution in [0.3, 0.4) is 0 Å². The average molecular weight is 239 g/mol. The predicted molar refractivity (Wildman–Crippen MR) is 77.8 cm³/mol. The molecule has 18 heavy (non-hydrogen) atoms. The van der Waals surface area contributed by atoms with E-state index in [1.165, 1.54) is 42.0 Å². The zero-order chi connectivity index (χ0) is 12.4. The third-order valence-electron chi connectivity index (χ3n) is 4.17. The van der Waals surface area contributed by atoms with Crippen molar-refractivity contribution >= 4 is 10.8 Å². The SMILES string of the molecule is CNC(CCc1cccc2ccccc12)C1CC1. The van der Waals surface area contributed by atoms with Crippen molar-refractivity contribution in [2.24, 2.45) is 5.92 Å². The second-order valence-corrected chi connectivity index (χ2v) is 5.41. The van der Waals surface area contributed by atoms with Crippen LogP contribution in [0.2, 0.25) is 0 Å². The van der Waals surface area contributed by atoms with Crippen molar-refractivity contribution in [1.82, 2.24) is 5.32 Å². The molecule has 2 aromatic rings. The number of fused-ring (bicyclic) bond motifs is 1. The summed E-state index contributed by atoms with van der Waals surface area (Å²) in [6.07, 6.45) is 5.28. The first-order valence-electron chi connectivity index (χ1n) is 7.02. The van der Waals surface area contributed by atoms with E-state index >= 15 is 0 Å². The van der Waals surface area contributed by atoms with E-state index in [-0.39, 0.29) is 0 Å². The molecule has 94 valence electrons. The minimum Gasteiger partial charge on any atom is -0.317 e. The number of aryl methyl sites for hydroxylation is 1. The fraction of sp³-hybridized carbons (Fsp3) is 0.412. The highest BCUT2D eigenvalue weighted by Crippen LogP contribution is 2.34. The minimum atomic E-state index is 0.712. The Hall–Kier alpha value is -1.34. The van der Waals surface area contributed by atoms with Crippen molar-refractivity contribution in [3.05, 3.63) is 48.0 Å². The Morgan fingerprint density at radius 2 is 1.89 bits per heavy atom. The van der Waals surface area contributed by atoms with Crippen LogP contribution in [-0.2, 0) is 6.42 Å². The summed E-state index contributed by atoms with van der Waals surface area (Å²) in [6.45, 7) is 0. The van der Waals surface area contributed by atoms with Gasteiger partial charge in [0, 0.05) is 6.04 Å². The summed E-state index contributed by atoms with van der Waals surface area (Å²) in [5, 5.41) is 6.27. The smallest absolute Gasteiger partial charge is 0.00954 e. The lowest BCUT2D eigenvalue weighted by atomic mass is 9.97. The van der Waals surface area contributed by atoms with Crippen LogP contribution in [-0.4, -0.2) is 13.1 Å². The first-order chi connectivity index (χ1) is 8.88. The zero-order valence-electron chi connectivity index (χ0n) is 11.0. The van der Waals surface area contributed by atoms with Gasteiger partial charge in [-0.1, -0.05) is 42.5 Å². The van der Waals surface area contributed by atoms with E-state index in [0.717, 1.165) is 5.92 Å². The molecule has 1 aliphatic rings. The van der Waals surface area contributed by atoms with Crippen LogP contribution in [0.5, 0.6) is 0 Å². The summed E-state index contributed by atoms with van der Waals surface area (Å²) in [4.78, 5) is 0. The molecule has 1 nitrogen and oxygen atoms in total. The largest absolute Gasteiger partial charge is 0.317 e. The summed E-state index contributed by atoms with van der Waals surface area (Å²) in [7, 11) is 2.10. The van der Waals surface area contributed by atoms with Gasteiger partial charge >= 0.3 is 0 Å². The van der Waals surface area contributed by atoms with Crippen molar-refractivity contribution in [2.75, 3.05) is 7.05 Å². The van der Waals surface area contributed by atoms with Crippen molar-refractivity contribution in [3.8, 4) is 0 Å². The Bertz CT molecular complexity index is 523. The molecule has 1 atom stereocenters. The fourth-order valence-electron chi connectivity index (χ4n) is 2.94. The highest BCUT2D eigenvalue weighted by Gasteiger charge is 2.29. The standard InChI is InChI=1S/C17H21N/c1-18-17(15-9-10-15)12-11-14-7-4-6-13-5-2-3-8-16(13)14/h2-8,15,17-18H,9-12H2,1H3. The Morgan fingerprint density at radius 1 is 1.11 bits per heavy atom. The Balaban J connectivity index is 1.77. The number of hydrogen-bond donors (Lipinski definition) is 1. The van der Waals surface area contributed by atoms with E-state index in [0.29, 0.717) is 6.04 Å². The molecule has 1 saturated carbocycles. The lowest BCUT2D eigenvalue weighted by molar-refractivity contribution is 0.471. The van der Waals surface area contributed by atoms with Gasteiger partial charge in [-0.05, 0) is 55.0 Å². The van der Waals surface area contributed by atoms with Crippen LogP contribution >= 0.6 is 0 Å². The highest BCUT2D eigenvalue weighted by molar-refractivity contribution is 5.85. The Labute approximate surface area is 109 Å². The number of hydrogen-bond acceptors (Lipinski definition) is 1. The molecule has 1 unspecified atom stereocenters. The lowest BCUT2D eigenvalue weighted by Gasteiger charge is -2.15. The second kappa shape index (κ2) is 5.11. The van der Waals surface area contributed by atoms with Gasteiger partial charge in [-0.2, -0.15) is 0 Å². The molecule has 3 rings (SSSR count). The van der Waals surface area contributed by atoms with Crippen LogP contribution in [0.4, 0.5) is 0 Å². The zero-order valence-corrected chi connectivity index (χ0v) is 11.0. The normalized spacial score (nSPS) is 16.9. The third-order valence-corrected chi connectivity index (χ3v) is 4.17. The number of nitrogens with one attached hydrogen (secondary N) is 1. The molecule has 0 aliphatic heterocycles. The molecule has 2 aromatic carbocycles. The molecular weight excluding hydrogens is 218 g/mol. The first-order valence-corrected chi connectivity index (χ1v) is 7.02. The monoisotopic (exact) mass is 239 g/mol. The quantitative estimate of drug-likeness (QED) is 0.837. The van der Waals surface area contributed by atoms with Gasteiger partial charge in [0.2, 0.25) is 0 Å². The van der Waals surface area contributed by atoms with Gasteiger partial charge in [-0.3, -0.25) is 0 Å². The van der Waals surface area contributed by atoms with Gasteiger partial charge < -0.3 is 5.32 Å². The molecule has 0 radical (unpaired) electrons. The second-order valence-electron chi connectivity index (χ2n) is 5.41. The summed E-state index contributed by atoms with van der Waals surface area (Å²) >= 11 is 0. The molecule has 0 amide bonds. The van der Waals surface area contributed by atoms with Gasteiger partial charge in [-0.15, -0.1) is 0 Å². The first kappa shape index (κ1) is 11.7. The van der Waals surface area contributed by atoms with Crippen LogP contribution in [0.25, 0.3) is 10.8 Å². The minimum absolute atomic E-state index is 0.712. The van der Waals surface area contributed by atoms with Gasteiger partial charge in [0.15, 0.2) is 0 Å². The third kappa shape index (κ3) is 2.41. The molecule has 1 aliphatic carbocycles. The van der Waals surface area contributed by atoms with Crippen molar-refractivity contribution in [3.63, 3.8) is 0 Å². The summed E-state index contributed by atoms with van der Waals surface area (Å²) < 4.78 is 0. The summed E-state index contributed by atoms with van der Waals surface area (Å²) in [6, 6.07) is 16.1. The van der Waals surface area contributed by atoms with E-state index in [2.05, 4.69) is 54.8 Å². The predicted octanol–water partition coefficient (Wildman–Crippen LogP) is 3.77. The summed E-state index contributed by atoms with van der Waals surface area (Å²) in [5.41, 5.74) is 1.49. The van der Waals surface area contributed by atoms with Gasteiger partial charge in [0.25, 0.3) is 0 Å². The molecule has 0 saturated heterocycles. The van der Waals surface area contributed by atoms with E-state index in [1.54, 1.807) is 0 Å². The molecule has 0 bridgehead atoms. The number of rotatable bonds is 5. The van der Waals surface area contributed by atoms with E-state index in [9.17, 15) is 0 Å². The van der Waals surface area contributed by atoms with Crippen molar-refractivity contribution < 1.29 is 0 Å². The van der Waals surface area contributed by atoms with Gasteiger partial charge in [0.05, 0.1) is 0 Å². The average Bonchev–Trinajstić information content (AvgIpc) is 3.24. The molecule has 1 fully saturated rings. The molecule has 0 spiro atoms. The Morgan fingerprint density at radius 3 is 2.67 bits per heavy atom. The van der Waals surface area contributed by atoms with Gasteiger partial charge in [0.1, 0.15) is 0 Å². The molecular formula is C17H21N. The molecule has 0 aromatic heterocycles. The maximum Gasteiger partial charge on any atom is 0.00954 e. The maximum atomic E-state index is 3.48. The Kier molecular flexibility index (Phi) is 3.33. The van der Waals surface area contributed by atoms with Gasteiger partial charge in [-0.25, -0.2) is 0 Å². The van der Waals surface area contributed by atoms with Crippen molar-refractivity contribution in [2.45, 2.75) is 31.7 Å². The fourth-order valence-corrected chi connectivity index (χ4v) is 2.94. The lowest BCUT2D eigenvalue weighted by Crippen LogP contribution is -2.27. The summed E-state index contributed by atoms with van der Waals surface area (Å²) in [5.74, 6) is 0.935. The van der Waals surface area contributed by atoms with Crippen LogP contribution in [0.1, 0.15) is 24.8 Å². The van der Waals surface area contributed by atoms with E-state index in [4.69, 9.17) is 0 Å². The number of benzene rings is 2. The maximum absolute atomic E-state index is 3.48. The van der Waals surface area contributed by atoms with E-state index in [1.807, 2.05) is 0 Å². The highest BCUT2D eigenvalue weighted by atomic mass is 14.9. The van der Waals surface area contributed by atoms with Crippen molar-refractivity contribution in [1.29, 1.82) is 0 Å². The topological polar surface area (TPSA) is 12.0 Å².